The van der Waals surface area contributed by atoms with E-state index in [9.17, 15) is 0 Å². The summed E-state index contributed by atoms with van der Waals surface area (Å²) in [6.45, 7) is 9.76. The van der Waals surface area contributed by atoms with E-state index in [0.717, 1.165) is 17.9 Å². The Balaban J connectivity index is 1.74. The molecule has 2 unspecified atom stereocenters. The molecule has 2 aliphatic rings. The van der Waals surface area contributed by atoms with Crippen LogP contribution in [0.25, 0.3) is 0 Å². The van der Waals surface area contributed by atoms with Crippen molar-refractivity contribution in [2.75, 3.05) is 26.2 Å². The summed E-state index contributed by atoms with van der Waals surface area (Å²) < 4.78 is 0. The van der Waals surface area contributed by atoms with Crippen LogP contribution in [-0.4, -0.2) is 37.1 Å². The molecule has 2 rings (SSSR count). The van der Waals surface area contributed by atoms with Gasteiger partial charge in [0.05, 0.1) is 0 Å². The SMILES string of the molecule is CCCNC1CCCC1CN(CC)CC1CCC1. The Kier molecular flexibility index (Phi) is 5.97. The molecule has 0 saturated heterocycles. The molecule has 1 N–H and O–H groups in total. The first-order valence-electron chi connectivity index (χ1n) is 8.29. The molecule has 0 aliphatic heterocycles. The van der Waals surface area contributed by atoms with Crippen LogP contribution in [0.1, 0.15) is 58.8 Å². The zero-order valence-corrected chi connectivity index (χ0v) is 12.5. The van der Waals surface area contributed by atoms with Crippen molar-refractivity contribution in [1.82, 2.24) is 10.2 Å². The van der Waals surface area contributed by atoms with Crippen LogP contribution in [-0.2, 0) is 0 Å². The van der Waals surface area contributed by atoms with Crippen LogP contribution in [0.5, 0.6) is 0 Å². The van der Waals surface area contributed by atoms with E-state index < -0.39 is 0 Å². The second-order valence-electron chi connectivity index (χ2n) is 6.40. The molecule has 0 bridgehead atoms. The summed E-state index contributed by atoms with van der Waals surface area (Å²) in [7, 11) is 0. The maximum Gasteiger partial charge on any atom is 0.0107 e. The molecule has 0 heterocycles. The van der Waals surface area contributed by atoms with Gasteiger partial charge in [-0.1, -0.05) is 26.7 Å². The van der Waals surface area contributed by atoms with Gasteiger partial charge in [-0.05, 0) is 57.0 Å². The molecule has 0 spiro atoms. The highest BCUT2D eigenvalue weighted by Crippen LogP contribution is 2.30. The first-order valence-corrected chi connectivity index (χ1v) is 8.29. The molecule has 0 amide bonds. The molecule has 0 aromatic carbocycles. The van der Waals surface area contributed by atoms with Crippen molar-refractivity contribution in [3.8, 4) is 0 Å². The molecule has 2 nitrogen and oxygen atoms in total. The normalized spacial score (nSPS) is 28.8. The molecule has 2 saturated carbocycles. The van der Waals surface area contributed by atoms with Crippen LogP contribution in [0.4, 0.5) is 0 Å². The highest BCUT2D eigenvalue weighted by molar-refractivity contribution is 4.86. The molecule has 2 heteroatoms. The largest absolute Gasteiger partial charge is 0.314 e. The van der Waals surface area contributed by atoms with Gasteiger partial charge in [-0.2, -0.15) is 0 Å². The fraction of sp³-hybridized carbons (Fsp3) is 1.00. The smallest absolute Gasteiger partial charge is 0.0107 e. The Morgan fingerprint density at radius 2 is 1.78 bits per heavy atom. The Morgan fingerprint density at radius 3 is 2.39 bits per heavy atom. The van der Waals surface area contributed by atoms with Gasteiger partial charge in [-0.25, -0.2) is 0 Å². The van der Waals surface area contributed by atoms with Crippen molar-refractivity contribution in [2.24, 2.45) is 11.8 Å². The lowest BCUT2D eigenvalue weighted by Gasteiger charge is -2.34. The fourth-order valence-corrected chi connectivity index (χ4v) is 3.56. The van der Waals surface area contributed by atoms with Gasteiger partial charge in [-0.3, -0.25) is 0 Å². The Labute approximate surface area is 114 Å². The zero-order valence-electron chi connectivity index (χ0n) is 12.5. The first-order chi connectivity index (χ1) is 8.83. The summed E-state index contributed by atoms with van der Waals surface area (Å²) in [6, 6.07) is 0.806. The summed E-state index contributed by atoms with van der Waals surface area (Å²) in [6.07, 6.45) is 10.0. The van der Waals surface area contributed by atoms with E-state index in [1.54, 1.807) is 0 Å². The van der Waals surface area contributed by atoms with E-state index in [0.29, 0.717) is 0 Å². The first kappa shape index (κ1) is 14.3. The van der Waals surface area contributed by atoms with Crippen LogP contribution in [0.2, 0.25) is 0 Å². The van der Waals surface area contributed by atoms with Crippen LogP contribution >= 0.6 is 0 Å². The van der Waals surface area contributed by atoms with Gasteiger partial charge in [0.15, 0.2) is 0 Å². The number of nitrogens with zero attached hydrogens (tertiary/aromatic N) is 1. The maximum absolute atomic E-state index is 3.77. The van der Waals surface area contributed by atoms with Crippen LogP contribution in [0, 0.1) is 11.8 Å². The molecule has 0 radical (unpaired) electrons. The minimum atomic E-state index is 0.806. The van der Waals surface area contributed by atoms with Crippen molar-refractivity contribution in [1.29, 1.82) is 0 Å². The van der Waals surface area contributed by atoms with Gasteiger partial charge >= 0.3 is 0 Å². The molecular weight excluding hydrogens is 220 g/mol. The average Bonchev–Trinajstić information content (AvgIpc) is 2.76. The average molecular weight is 252 g/mol. The molecule has 106 valence electrons. The summed E-state index contributed by atoms with van der Waals surface area (Å²) in [4.78, 5) is 2.72. The minimum Gasteiger partial charge on any atom is -0.314 e. The lowest BCUT2D eigenvalue weighted by atomic mass is 9.85. The predicted molar refractivity (Wildman–Crippen MR) is 78.9 cm³/mol. The zero-order chi connectivity index (χ0) is 12.8. The molecular formula is C16H32N2. The molecule has 0 aromatic rings. The monoisotopic (exact) mass is 252 g/mol. The Morgan fingerprint density at radius 1 is 1.00 bits per heavy atom. The van der Waals surface area contributed by atoms with Crippen LogP contribution < -0.4 is 5.32 Å². The number of nitrogens with one attached hydrogen (secondary N) is 1. The summed E-state index contributed by atoms with van der Waals surface area (Å²) >= 11 is 0. The lowest BCUT2D eigenvalue weighted by Crippen LogP contribution is -2.41. The van der Waals surface area contributed by atoms with Crippen LogP contribution in [0.15, 0.2) is 0 Å². The second kappa shape index (κ2) is 7.49. The van der Waals surface area contributed by atoms with E-state index in [2.05, 4.69) is 24.1 Å². The summed E-state index contributed by atoms with van der Waals surface area (Å²) in [5.74, 6) is 1.94. The number of hydrogen-bond acceptors (Lipinski definition) is 2. The molecule has 2 atom stereocenters. The van der Waals surface area contributed by atoms with Crippen molar-refractivity contribution in [3.05, 3.63) is 0 Å². The Bertz CT molecular complexity index is 225. The van der Waals surface area contributed by atoms with Crippen LogP contribution in [0.3, 0.4) is 0 Å². The fourth-order valence-electron chi connectivity index (χ4n) is 3.56. The summed E-state index contributed by atoms with van der Waals surface area (Å²) in [5, 5.41) is 3.77. The third kappa shape index (κ3) is 3.96. The van der Waals surface area contributed by atoms with E-state index in [4.69, 9.17) is 0 Å². The van der Waals surface area contributed by atoms with E-state index in [1.807, 2.05) is 0 Å². The molecule has 0 aromatic heterocycles. The Hall–Kier alpha value is -0.0800. The maximum atomic E-state index is 3.77. The second-order valence-corrected chi connectivity index (χ2v) is 6.40. The van der Waals surface area contributed by atoms with Crippen molar-refractivity contribution in [3.63, 3.8) is 0 Å². The molecule has 2 fully saturated rings. The van der Waals surface area contributed by atoms with Gasteiger partial charge in [0.2, 0.25) is 0 Å². The number of hydrogen-bond donors (Lipinski definition) is 1. The minimum absolute atomic E-state index is 0.806. The summed E-state index contributed by atoms with van der Waals surface area (Å²) in [5.41, 5.74) is 0. The van der Waals surface area contributed by atoms with Gasteiger partial charge in [0.25, 0.3) is 0 Å². The van der Waals surface area contributed by atoms with Crippen molar-refractivity contribution in [2.45, 2.75) is 64.8 Å². The topological polar surface area (TPSA) is 15.3 Å². The lowest BCUT2D eigenvalue weighted by molar-refractivity contribution is 0.156. The standard InChI is InChI=1S/C16H32N2/c1-3-11-17-16-10-6-9-15(16)13-18(4-2)12-14-7-5-8-14/h14-17H,3-13H2,1-2H3. The predicted octanol–water partition coefficient (Wildman–Crippen LogP) is 3.28. The highest BCUT2D eigenvalue weighted by atomic mass is 15.1. The van der Waals surface area contributed by atoms with E-state index >= 15 is 0 Å². The van der Waals surface area contributed by atoms with Crippen molar-refractivity contribution < 1.29 is 0 Å². The van der Waals surface area contributed by atoms with Gasteiger partial charge in [0, 0.05) is 19.1 Å². The van der Waals surface area contributed by atoms with Gasteiger partial charge in [0.1, 0.15) is 0 Å². The quantitative estimate of drug-likeness (QED) is 0.713. The van der Waals surface area contributed by atoms with E-state index in [-0.39, 0.29) is 0 Å². The molecule has 2 aliphatic carbocycles. The van der Waals surface area contributed by atoms with Gasteiger partial charge < -0.3 is 10.2 Å². The number of rotatable bonds is 8. The van der Waals surface area contributed by atoms with E-state index in [1.165, 1.54) is 71.1 Å². The van der Waals surface area contributed by atoms with Crippen molar-refractivity contribution >= 4 is 0 Å². The van der Waals surface area contributed by atoms with Gasteiger partial charge in [-0.15, -0.1) is 0 Å². The highest BCUT2D eigenvalue weighted by Gasteiger charge is 2.29. The third-order valence-corrected chi connectivity index (χ3v) is 5.00. The third-order valence-electron chi connectivity index (χ3n) is 5.00. The molecule has 18 heavy (non-hydrogen) atoms.